The summed E-state index contributed by atoms with van der Waals surface area (Å²) >= 11 is 2.92. The third-order valence-corrected chi connectivity index (χ3v) is 4.68. The van der Waals surface area contributed by atoms with Gasteiger partial charge in [0.2, 0.25) is 0 Å². The van der Waals surface area contributed by atoms with Crippen LogP contribution in [0.25, 0.3) is 11.5 Å². The molecule has 0 fully saturated rings. The Morgan fingerprint density at radius 1 is 1.33 bits per heavy atom. The Labute approximate surface area is 130 Å². The predicted molar refractivity (Wildman–Crippen MR) is 85.3 cm³/mol. The van der Waals surface area contributed by atoms with E-state index in [-0.39, 0.29) is 0 Å². The van der Waals surface area contributed by atoms with Crippen LogP contribution >= 0.6 is 23.3 Å². The van der Waals surface area contributed by atoms with Gasteiger partial charge in [-0.2, -0.15) is 9.36 Å². The van der Waals surface area contributed by atoms with Crippen molar-refractivity contribution in [2.75, 3.05) is 5.73 Å². The minimum Gasteiger partial charge on any atom is -0.389 e. The first-order valence-corrected chi connectivity index (χ1v) is 8.13. The molecule has 3 rings (SSSR count). The van der Waals surface area contributed by atoms with Crippen LogP contribution in [0.15, 0.2) is 33.7 Å². The summed E-state index contributed by atoms with van der Waals surface area (Å²) < 4.78 is 9.48. The van der Waals surface area contributed by atoms with Crippen LogP contribution < -0.4 is 5.73 Å². The molecule has 0 amide bonds. The lowest BCUT2D eigenvalue weighted by molar-refractivity contribution is 0.425. The number of benzene rings is 1. The zero-order valence-electron chi connectivity index (χ0n) is 11.7. The second-order valence-corrected chi connectivity index (χ2v) is 6.48. The molecule has 0 aliphatic carbocycles. The molecule has 2 aromatic heterocycles. The Morgan fingerprint density at radius 3 is 2.90 bits per heavy atom. The highest BCUT2D eigenvalue weighted by Gasteiger charge is 2.17. The van der Waals surface area contributed by atoms with E-state index in [1.807, 2.05) is 13.0 Å². The summed E-state index contributed by atoms with van der Waals surface area (Å²) in [6.45, 7) is 3.96. The molecule has 2 N–H and O–H groups in total. The highest BCUT2D eigenvalue weighted by molar-refractivity contribution is 7.98. The SMILES string of the molecule is Cc1cccc(SCc2noc(-c3c(C)nsc3N)n2)c1. The maximum atomic E-state index is 5.89. The highest BCUT2D eigenvalue weighted by atomic mass is 32.2. The predicted octanol–water partition coefficient (Wildman–Crippen LogP) is 3.68. The molecule has 5 nitrogen and oxygen atoms in total. The molecule has 0 aliphatic heterocycles. The van der Waals surface area contributed by atoms with Gasteiger partial charge in [-0.25, -0.2) is 0 Å². The monoisotopic (exact) mass is 318 g/mol. The second kappa shape index (κ2) is 5.87. The van der Waals surface area contributed by atoms with Crippen LogP contribution in [-0.2, 0) is 5.75 Å². The van der Waals surface area contributed by atoms with Crippen LogP contribution in [0.3, 0.4) is 0 Å². The van der Waals surface area contributed by atoms with Gasteiger partial charge in [0, 0.05) is 4.90 Å². The molecule has 0 bridgehead atoms. The number of hydrogen-bond donors (Lipinski definition) is 1. The first-order chi connectivity index (χ1) is 10.1. The number of anilines is 1. The smallest absolute Gasteiger partial charge is 0.262 e. The van der Waals surface area contributed by atoms with E-state index in [2.05, 4.69) is 39.6 Å². The van der Waals surface area contributed by atoms with Crippen molar-refractivity contribution in [2.45, 2.75) is 24.5 Å². The van der Waals surface area contributed by atoms with Crippen molar-refractivity contribution in [3.8, 4) is 11.5 Å². The lowest BCUT2D eigenvalue weighted by Crippen LogP contribution is -1.88. The van der Waals surface area contributed by atoms with Crippen molar-refractivity contribution in [1.29, 1.82) is 0 Å². The number of aryl methyl sites for hydroxylation is 2. The van der Waals surface area contributed by atoms with E-state index < -0.39 is 0 Å². The molecule has 7 heteroatoms. The first-order valence-electron chi connectivity index (χ1n) is 6.37. The lowest BCUT2D eigenvalue weighted by atomic mass is 10.2. The van der Waals surface area contributed by atoms with Gasteiger partial charge < -0.3 is 10.3 Å². The van der Waals surface area contributed by atoms with Gasteiger partial charge in [-0.15, -0.1) is 11.8 Å². The third-order valence-electron chi connectivity index (χ3n) is 2.93. The van der Waals surface area contributed by atoms with Crippen LogP contribution in [-0.4, -0.2) is 14.5 Å². The van der Waals surface area contributed by atoms with E-state index in [9.17, 15) is 0 Å². The van der Waals surface area contributed by atoms with Crippen molar-refractivity contribution in [3.05, 3.63) is 41.3 Å². The lowest BCUT2D eigenvalue weighted by Gasteiger charge is -1.99. The van der Waals surface area contributed by atoms with E-state index >= 15 is 0 Å². The van der Waals surface area contributed by atoms with E-state index in [1.165, 1.54) is 22.0 Å². The molecule has 0 saturated heterocycles. The Balaban J connectivity index is 1.74. The van der Waals surface area contributed by atoms with Crippen LogP contribution in [0, 0.1) is 13.8 Å². The number of nitrogen functional groups attached to an aromatic ring is 1. The molecule has 0 spiro atoms. The van der Waals surface area contributed by atoms with Crippen molar-refractivity contribution in [3.63, 3.8) is 0 Å². The van der Waals surface area contributed by atoms with Gasteiger partial charge in [0.15, 0.2) is 5.82 Å². The number of hydrogen-bond acceptors (Lipinski definition) is 7. The Hall–Kier alpha value is -1.86. The minimum absolute atomic E-state index is 0.443. The van der Waals surface area contributed by atoms with Crippen LogP contribution in [0.1, 0.15) is 17.1 Å². The third kappa shape index (κ3) is 3.08. The van der Waals surface area contributed by atoms with Crippen LogP contribution in [0.5, 0.6) is 0 Å². The highest BCUT2D eigenvalue weighted by Crippen LogP contribution is 2.31. The van der Waals surface area contributed by atoms with Crippen molar-refractivity contribution < 1.29 is 4.52 Å². The van der Waals surface area contributed by atoms with Crippen LogP contribution in [0.2, 0.25) is 0 Å². The average molecular weight is 318 g/mol. The van der Waals surface area contributed by atoms with Crippen LogP contribution in [0.4, 0.5) is 5.00 Å². The van der Waals surface area contributed by atoms with E-state index in [0.29, 0.717) is 22.5 Å². The molecule has 3 aromatic rings. The first kappa shape index (κ1) is 14.1. The fourth-order valence-electron chi connectivity index (χ4n) is 1.91. The largest absolute Gasteiger partial charge is 0.389 e. The zero-order chi connectivity index (χ0) is 14.8. The molecular formula is C14H14N4OS2. The number of rotatable bonds is 4. The number of aromatic nitrogens is 3. The molecular weight excluding hydrogens is 304 g/mol. The van der Waals surface area contributed by atoms with Gasteiger partial charge in [0.1, 0.15) is 5.00 Å². The summed E-state index contributed by atoms with van der Waals surface area (Å²) in [7, 11) is 0. The average Bonchev–Trinajstić information content (AvgIpc) is 3.04. The Kier molecular flexibility index (Phi) is 3.94. The maximum absolute atomic E-state index is 5.89. The molecule has 2 heterocycles. The summed E-state index contributed by atoms with van der Waals surface area (Å²) in [6.07, 6.45) is 0. The molecule has 0 aliphatic rings. The van der Waals surface area contributed by atoms with Crippen molar-refractivity contribution >= 4 is 28.3 Å². The zero-order valence-corrected chi connectivity index (χ0v) is 13.3. The number of thioether (sulfide) groups is 1. The Bertz CT molecular complexity index is 746. The van der Waals surface area contributed by atoms with E-state index in [1.54, 1.807) is 11.8 Å². The minimum atomic E-state index is 0.443. The van der Waals surface area contributed by atoms with Crippen molar-refractivity contribution in [2.24, 2.45) is 0 Å². The number of nitrogens with two attached hydrogens (primary N) is 1. The summed E-state index contributed by atoms with van der Waals surface area (Å²) in [5.41, 5.74) is 8.69. The fourth-order valence-corrected chi connectivity index (χ4v) is 3.42. The molecule has 0 atom stereocenters. The van der Waals surface area contributed by atoms with Crippen molar-refractivity contribution in [1.82, 2.24) is 14.5 Å². The molecule has 0 radical (unpaired) electrons. The number of nitrogens with zero attached hydrogens (tertiary/aromatic N) is 3. The quantitative estimate of drug-likeness (QED) is 0.739. The summed E-state index contributed by atoms with van der Waals surface area (Å²) in [5.74, 6) is 1.75. The normalized spacial score (nSPS) is 11.0. The fraction of sp³-hybridized carbons (Fsp3) is 0.214. The topological polar surface area (TPSA) is 77.8 Å². The van der Waals surface area contributed by atoms with E-state index in [4.69, 9.17) is 10.3 Å². The van der Waals surface area contributed by atoms with Gasteiger partial charge >= 0.3 is 0 Å². The molecule has 108 valence electrons. The van der Waals surface area contributed by atoms with Gasteiger partial charge in [0.25, 0.3) is 5.89 Å². The second-order valence-electron chi connectivity index (χ2n) is 4.63. The summed E-state index contributed by atoms with van der Waals surface area (Å²) in [4.78, 5) is 5.59. The molecule has 21 heavy (non-hydrogen) atoms. The maximum Gasteiger partial charge on any atom is 0.262 e. The molecule has 0 saturated carbocycles. The standard InChI is InChI=1S/C14H14N4OS2/c1-8-4-3-5-10(6-8)20-7-11-16-14(19-17-11)12-9(2)18-21-13(12)15/h3-6H,7,15H2,1-2H3. The van der Waals surface area contributed by atoms with E-state index in [0.717, 1.165) is 11.3 Å². The van der Waals surface area contributed by atoms with Gasteiger partial charge in [0.05, 0.1) is 17.0 Å². The van der Waals surface area contributed by atoms with Gasteiger partial charge in [-0.05, 0) is 37.5 Å². The summed E-state index contributed by atoms with van der Waals surface area (Å²) in [6, 6.07) is 8.33. The summed E-state index contributed by atoms with van der Waals surface area (Å²) in [5, 5.41) is 4.61. The molecule has 1 aromatic carbocycles. The van der Waals surface area contributed by atoms with Gasteiger partial charge in [-0.1, -0.05) is 22.9 Å². The Morgan fingerprint density at radius 2 is 2.19 bits per heavy atom. The molecule has 0 unspecified atom stereocenters. The van der Waals surface area contributed by atoms with Gasteiger partial charge in [-0.3, -0.25) is 0 Å².